The number of likely N-dealkylation sites (tertiary alicyclic amines) is 1. The van der Waals surface area contributed by atoms with E-state index in [1.807, 2.05) is 6.07 Å². The van der Waals surface area contributed by atoms with Crippen LogP contribution in [0.5, 0.6) is 0 Å². The average Bonchev–Trinajstić information content (AvgIpc) is 3.20. The summed E-state index contributed by atoms with van der Waals surface area (Å²) in [7, 11) is 0. The van der Waals surface area contributed by atoms with Gasteiger partial charge in [0.05, 0.1) is 0 Å². The molecule has 1 unspecified atom stereocenters. The average molecular weight is 378 g/mol. The predicted octanol–water partition coefficient (Wildman–Crippen LogP) is 3.25. The first-order valence-corrected chi connectivity index (χ1v) is 8.92. The quantitative estimate of drug-likeness (QED) is 0.821. The monoisotopic (exact) mass is 378 g/mol. The maximum absolute atomic E-state index is 13.0. The Bertz CT molecular complexity index is 826. The Morgan fingerprint density at radius 1 is 1.37 bits per heavy atom. The number of aromatic nitrogens is 1. The SMILES string of the molecule is Cc1nc(N[C@H]2CCN(C(=O)O)C2)ccc1C1(C2CC2)N=NC(C(F)F)=N1. The molecule has 144 valence electrons. The number of amides is 1. The van der Waals surface area contributed by atoms with Gasteiger partial charge in [-0.1, -0.05) is 0 Å². The number of nitrogens with zero attached hydrogens (tertiary/aromatic N) is 5. The van der Waals surface area contributed by atoms with E-state index in [0.717, 1.165) is 12.8 Å². The molecule has 3 heterocycles. The van der Waals surface area contributed by atoms with Crippen molar-refractivity contribution in [3.05, 3.63) is 23.4 Å². The van der Waals surface area contributed by atoms with E-state index in [9.17, 15) is 13.6 Å². The summed E-state index contributed by atoms with van der Waals surface area (Å²) in [6, 6.07) is 3.57. The molecule has 1 amide bonds. The van der Waals surface area contributed by atoms with Gasteiger partial charge in [-0.05, 0) is 38.3 Å². The zero-order chi connectivity index (χ0) is 19.2. The molecule has 1 aliphatic carbocycles. The first-order chi connectivity index (χ1) is 12.9. The Labute approximate surface area is 154 Å². The number of amidine groups is 1. The number of aryl methyl sites for hydroxylation is 1. The van der Waals surface area contributed by atoms with Gasteiger partial charge in [0.2, 0.25) is 11.5 Å². The van der Waals surface area contributed by atoms with Crippen LogP contribution in [0.2, 0.25) is 0 Å². The smallest absolute Gasteiger partial charge is 0.407 e. The number of aliphatic imine (C=N–C) groups is 1. The third-order valence-electron chi connectivity index (χ3n) is 5.22. The summed E-state index contributed by atoms with van der Waals surface area (Å²) in [5.41, 5.74) is 0.251. The number of carboxylic acid groups (broad SMARTS) is 1. The molecule has 3 aliphatic rings. The Morgan fingerprint density at radius 2 is 2.15 bits per heavy atom. The number of hydrogen-bond donors (Lipinski definition) is 2. The lowest BCUT2D eigenvalue weighted by Crippen LogP contribution is -2.30. The summed E-state index contributed by atoms with van der Waals surface area (Å²) in [4.78, 5) is 21.1. The van der Waals surface area contributed by atoms with Crippen molar-refractivity contribution >= 4 is 17.7 Å². The van der Waals surface area contributed by atoms with E-state index in [4.69, 9.17) is 5.11 Å². The number of carbonyl (C=O) groups is 1. The molecule has 2 aliphatic heterocycles. The maximum atomic E-state index is 13.0. The largest absolute Gasteiger partial charge is 0.465 e. The predicted molar refractivity (Wildman–Crippen MR) is 93.3 cm³/mol. The lowest BCUT2D eigenvalue weighted by molar-refractivity contribution is 0.155. The number of rotatable bonds is 5. The zero-order valence-corrected chi connectivity index (χ0v) is 14.8. The molecule has 0 spiro atoms. The zero-order valence-electron chi connectivity index (χ0n) is 14.8. The molecule has 10 heteroatoms. The minimum atomic E-state index is -2.75. The van der Waals surface area contributed by atoms with Gasteiger partial charge in [0.25, 0.3) is 6.43 Å². The molecular weight excluding hydrogens is 358 g/mol. The highest BCUT2D eigenvalue weighted by Gasteiger charge is 2.51. The summed E-state index contributed by atoms with van der Waals surface area (Å²) < 4.78 is 26.0. The van der Waals surface area contributed by atoms with Crippen molar-refractivity contribution in [1.29, 1.82) is 0 Å². The van der Waals surface area contributed by atoms with E-state index in [1.54, 1.807) is 13.0 Å². The van der Waals surface area contributed by atoms with Gasteiger partial charge in [-0.2, -0.15) is 5.11 Å². The fourth-order valence-electron chi connectivity index (χ4n) is 3.72. The number of pyridine rings is 1. The molecule has 2 fully saturated rings. The summed E-state index contributed by atoms with van der Waals surface area (Å²) in [5, 5.41) is 20.0. The summed E-state index contributed by atoms with van der Waals surface area (Å²) in [6.45, 7) is 2.69. The van der Waals surface area contributed by atoms with Crippen molar-refractivity contribution in [3.63, 3.8) is 0 Å². The third kappa shape index (κ3) is 3.24. The molecule has 1 aromatic heterocycles. The van der Waals surface area contributed by atoms with Crippen LogP contribution in [0.15, 0.2) is 27.4 Å². The van der Waals surface area contributed by atoms with Crippen LogP contribution in [0, 0.1) is 12.8 Å². The third-order valence-corrected chi connectivity index (χ3v) is 5.22. The molecule has 1 saturated carbocycles. The molecule has 4 rings (SSSR count). The molecule has 0 aromatic carbocycles. The fraction of sp³-hybridized carbons (Fsp3) is 0.588. The van der Waals surface area contributed by atoms with Gasteiger partial charge in [-0.3, -0.25) is 0 Å². The highest BCUT2D eigenvalue weighted by molar-refractivity contribution is 5.87. The van der Waals surface area contributed by atoms with Crippen LogP contribution in [0.1, 0.15) is 30.5 Å². The van der Waals surface area contributed by atoms with Gasteiger partial charge >= 0.3 is 6.09 Å². The van der Waals surface area contributed by atoms with Gasteiger partial charge in [0, 0.05) is 36.3 Å². The lowest BCUT2D eigenvalue weighted by Gasteiger charge is -2.24. The van der Waals surface area contributed by atoms with Crippen LogP contribution >= 0.6 is 0 Å². The van der Waals surface area contributed by atoms with E-state index in [0.29, 0.717) is 36.6 Å². The molecule has 2 atom stereocenters. The number of hydrogen-bond acceptors (Lipinski definition) is 6. The van der Waals surface area contributed by atoms with E-state index < -0.39 is 24.0 Å². The second-order valence-electron chi connectivity index (χ2n) is 7.16. The summed E-state index contributed by atoms with van der Waals surface area (Å²) >= 11 is 0. The van der Waals surface area contributed by atoms with E-state index in [-0.39, 0.29) is 12.0 Å². The Kier molecular flexibility index (Phi) is 4.27. The molecule has 0 radical (unpaired) electrons. The Balaban J connectivity index is 1.55. The highest BCUT2D eigenvalue weighted by atomic mass is 19.3. The van der Waals surface area contributed by atoms with E-state index in [1.165, 1.54) is 4.90 Å². The van der Waals surface area contributed by atoms with Crippen LogP contribution in [-0.2, 0) is 5.66 Å². The molecule has 1 saturated heterocycles. The van der Waals surface area contributed by atoms with E-state index in [2.05, 4.69) is 25.5 Å². The van der Waals surface area contributed by atoms with E-state index >= 15 is 0 Å². The fourth-order valence-corrected chi connectivity index (χ4v) is 3.72. The van der Waals surface area contributed by atoms with Gasteiger partial charge in [0.1, 0.15) is 5.82 Å². The van der Waals surface area contributed by atoms with Crippen molar-refractivity contribution in [2.24, 2.45) is 21.1 Å². The maximum Gasteiger partial charge on any atom is 0.407 e. The number of azo groups is 1. The first-order valence-electron chi connectivity index (χ1n) is 8.92. The van der Waals surface area contributed by atoms with Crippen LogP contribution in [0.25, 0.3) is 0 Å². The topological polar surface area (TPSA) is 103 Å². The van der Waals surface area contributed by atoms with Crippen molar-refractivity contribution in [2.45, 2.75) is 44.3 Å². The second kappa shape index (κ2) is 6.50. The highest BCUT2D eigenvalue weighted by Crippen LogP contribution is 2.52. The van der Waals surface area contributed by atoms with Crippen molar-refractivity contribution < 1.29 is 18.7 Å². The van der Waals surface area contributed by atoms with Gasteiger partial charge < -0.3 is 15.3 Å². The van der Waals surface area contributed by atoms with Crippen molar-refractivity contribution in [2.75, 3.05) is 18.4 Å². The van der Waals surface area contributed by atoms with Gasteiger partial charge in [-0.15, -0.1) is 5.11 Å². The molecule has 2 N–H and O–H groups in total. The number of nitrogens with one attached hydrogen (secondary N) is 1. The van der Waals surface area contributed by atoms with Crippen LogP contribution in [-0.4, -0.2) is 52.5 Å². The van der Waals surface area contributed by atoms with Crippen molar-refractivity contribution in [3.8, 4) is 0 Å². The Hall–Kier alpha value is -2.65. The lowest BCUT2D eigenvalue weighted by atomic mass is 9.94. The van der Waals surface area contributed by atoms with Crippen LogP contribution in [0.3, 0.4) is 0 Å². The molecular formula is C17H20F2N6O2. The Morgan fingerprint density at radius 3 is 2.70 bits per heavy atom. The van der Waals surface area contributed by atoms with Crippen molar-refractivity contribution in [1.82, 2.24) is 9.88 Å². The molecule has 0 bridgehead atoms. The van der Waals surface area contributed by atoms with Gasteiger partial charge in [0.15, 0.2) is 0 Å². The minimum Gasteiger partial charge on any atom is -0.465 e. The summed E-state index contributed by atoms with van der Waals surface area (Å²) in [5.74, 6) is 0.159. The number of alkyl halides is 2. The minimum absolute atomic E-state index is 0.00846. The molecule has 27 heavy (non-hydrogen) atoms. The molecule has 8 nitrogen and oxygen atoms in total. The number of anilines is 1. The van der Waals surface area contributed by atoms with Crippen LogP contribution in [0.4, 0.5) is 19.4 Å². The number of halogens is 2. The van der Waals surface area contributed by atoms with Crippen LogP contribution < -0.4 is 5.32 Å². The standard InChI is InChI=1S/C17H20F2N6O2/c1-9-12(17(10-2-3-10)22-15(14(18)19)23-24-17)4-5-13(20-9)21-11-6-7-25(8-11)16(26)27/h4-5,10-11,14H,2-3,6-8H2,1H3,(H,20,21)(H,26,27)/t11-,17?/m0/s1. The first kappa shape index (κ1) is 17.7. The van der Waals surface area contributed by atoms with Gasteiger partial charge in [-0.25, -0.2) is 23.6 Å². The second-order valence-corrected chi connectivity index (χ2v) is 7.16. The summed E-state index contributed by atoms with van der Waals surface area (Å²) in [6.07, 6.45) is -1.23. The molecule has 1 aromatic rings. The normalized spacial score (nSPS) is 27.3.